The van der Waals surface area contributed by atoms with Gasteiger partial charge in [0.1, 0.15) is 11.7 Å². The monoisotopic (exact) mass is 541 g/mol. The summed E-state index contributed by atoms with van der Waals surface area (Å²) in [5.74, 6) is 0.851. The summed E-state index contributed by atoms with van der Waals surface area (Å²) in [5.41, 5.74) is -1.54. The zero-order valence-corrected chi connectivity index (χ0v) is 24.6. The van der Waals surface area contributed by atoms with Gasteiger partial charge in [-0.15, -0.1) is 0 Å². The maximum Gasteiger partial charge on any atom is 0.315 e. The molecule has 5 fully saturated rings. The third-order valence-corrected chi connectivity index (χ3v) is 12.8. The van der Waals surface area contributed by atoms with Crippen LogP contribution in [0.3, 0.4) is 0 Å². The van der Waals surface area contributed by atoms with E-state index < -0.39 is 22.2 Å². The van der Waals surface area contributed by atoms with E-state index in [4.69, 9.17) is 4.74 Å². The van der Waals surface area contributed by atoms with Gasteiger partial charge in [0.05, 0.1) is 23.7 Å². The number of nitrogens with zero attached hydrogens (tertiary/aromatic N) is 1. The third kappa shape index (κ3) is 3.62. The number of aldehydes is 1. The first-order valence-corrected chi connectivity index (χ1v) is 16.1. The zero-order valence-electron chi connectivity index (χ0n) is 24.6. The standard InChI is InChI=1S/C33H51NO5/c1-5-6-8-22-13-29(39-28(22)18-34-12-7-9-24(36)17-34)32-16-25-21(4)10-11-26(25)31(19-35)15-23(32)14-27(20(2)3)33(31,32)30(37)38/h14,19-26,28-29,36H,5-13,15-18H2,1-4H3,(H,37,38)/t21-,22?,23?,24?,25-,26-,28?,29?,31?,32?,33?/m1/s1. The van der Waals surface area contributed by atoms with Crippen LogP contribution in [0, 0.1) is 51.8 Å². The number of likely N-dealkylation sites (tertiary alicyclic amines) is 1. The predicted octanol–water partition coefficient (Wildman–Crippen LogP) is 5.33. The van der Waals surface area contributed by atoms with Gasteiger partial charge < -0.3 is 19.7 Å². The molecule has 2 heterocycles. The Kier molecular flexibility index (Phi) is 7.11. The number of fused-ring (bicyclic) bond motifs is 2. The summed E-state index contributed by atoms with van der Waals surface area (Å²) < 4.78 is 7.19. The molecule has 0 radical (unpaired) electrons. The number of aliphatic carboxylic acids is 1. The van der Waals surface area contributed by atoms with Gasteiger partial charge in [-0.25, -0.2) is 0 Å². The fraction of sp³-hybridized carbons (Fsp3) is 0.879. The van der Waals surface area contributed by atoms with Gasteiger partial charge in [0.25, 0.3) is 0 Å². The van der Waals surface area contributed by atoms with E-state index in [0.717, 1.165) is 82.7 Å². The number of ether oxygens (including phenoxy) is 1. The molecule has 2 aliphatic heterocycles. The fourth-order valence-corrected chi connectivity index (χ4v) is 11.4. The molecule has 39 heavy (non-hydrogen) atoms. The number of unbranched alkanes of at least 4 members (excludes halogenated alkanes) is 1. The zero-order chi connectivity index (χ0) is 27.7. The lowest BCUT2D eigenvalue weighted by Gasteiger charge is -2.60. The molecule has 4 aliphatic carbocycles. The van der Waals surface area contributed by atoms with E-state index in [1.54, 1.807) is 0 Å². The van der Waals surface area contributed by atoms with Crippen LogP contribution in [0.2, 0.25) is 0 Å². The molecule has 0 aromatic rings. The predicted molar refractivity (Wildman–Crippen MR) is 150 cm³/mol. The molecule has 0 spiro atoms. The first-order valence-electron chi connectivity index (χ1n) is 16.1. The average Bonchev–Trinajstić information content (AvgIpc) is 3.60. The van der Waals surface area contributed by atoms with Gasteiger partial charge in [0, 0.05) is 18.5 Å². The van der Waals surface area contributed by atoms with Crippen molar-refractivity contribution in [3.8, 4) is 0 Å². The number of aliphatic hydroxyl groups is 1. The maximum atomic E-state index is 13.9. The number of aliphatic hydroxyl groups excluding tert-OH is 1. The van der Waals surface area contributed by atoms with Crippen molar-refractivity contribution in [3.63, 3.8) is 0 Å². The van der Waals surface area contributed by atoms with Crippen molar-refractivity contribution in [1.29, 1.82) is 0 Å². The minimum atomic E-state index is -1.16. The summed E-state index contributed by atoms with van der Waals surface area (Å²) in [5, 5.41) is 21.7. The molecule has 3 saturated carbocycles. The van der Waals surface area contributed by atoms with Crippen LogP contribution in [-0.2, 0) is 14.3 Å². The van der Waals surface area contributed by atoms with Crippen LogP contribution in [0.25, 0.3) is 0 Å². The highest BCUT2D eigenvalue weighted by Gasteiger charge is 2.86. The lowest BCUT2D eigenvalue weighted by atomic mass is 9.41. The summed E-state index contributed by atoms with van der Waals surface area (Å²) >= 11 is 0. The minimum Gasteiger partial charge on any atom is -0.481 e. The number of carboxylic acid groups (broad SMARTS) is 1. The molecular formula is C33H51NO5. The Morgan fingerprint density at radius 1 is 1.26 bits per heavy atom. The lowest BCUT2D eigenvalue weighted by molar-refractivity contribution is -0.197. The SMILES string of the molecule is CCCCC1CC(C23C[C@@H]4[C@H](C)CC[C@H]4C4(C=O)CC2C=C(C(C)C)C34C(=O)O)OC1CN1CCCC(O)C1. The molecule has 2 saturated heterocycles. The Labute approximate surface area is 234 Å². The van der Waals surface area contributed by atoms with Crippen LogP contribution in [0.1, 0.15) is 91.9 Å². The summed E-state index contributed by atoms with van der Waals surface area (Å²) in [6.07, 6.45) is 12.8. The number of carboxylic acids is 1. The quantitative estimate of drug-likeness (QED) is 0.303. The highest BCUT2D eigenvalue weighted by molar-refractivity contribution is 5.90. The second-order valence-corrected chi connectivity index (χ2v) is 14.7. The average molecular weight is 542 g/mol. The number of hydrogen-bond donors (Lipinski definition) is 2. The number of piperidine rings is 1. The Hall–Kier alpha value is -1.24. The van der Waals surface area contributed by atoms with Gasteiger partial charge in [0.15, 0.2) is 0 Å². The van der Waals surface area contributed by atoms with E-state index in [2.05, 4.69) is 38.7 Å². The smallest absolute Gasteiger partial charge is 0.315 e. The number of rotatable bonds is 9. The van der Waals surface area contributed by atoms with Crippen molar-refractivity contribution in [2.75, 3.05) is 19.6 Å². The van der Waals surface area contributed by atoms with Gasteiger partial charge in [0.2, 0.25) is 0 Å². The normalized spacial score (nSPS) is 48.9. The van der Waals surface area contributed by atoms with Gasteiger partial charge >= 0.3 is 5.97 Å². The van der Waals surface area contributed by atoms with Crippen molar-refractivity contribution < 1.29 is 24.5 Å². The molecule has 4 bridgehead atoms. The van der Waals surface area contributed by atoms with Crippen molar-refractivity contribution in [3.05, 3.63) is 11.6 Å². The molecule has 8 unspecified atom stereocenters. The van der Waals surface area contributed by atoms with E-state index >= 15 is 0 Å². The number of allylic oxidation sites excluding steroid dienone is 1. The molecule has 2 N–H and O–H groups in total. The second kappa shape index (κ2) is 9.94. The molecule has 0 amide bonds. The Morgan fingerprint density at radius 2 is 2.05 bits per heavy atom. The highest BCUT2D eigenvalue weighted by Crippen LogP contribution is 2.84. The van der Waals surface area contributed by atoms with Crippen LogP contribution in [0.15, 0.2) is 11.6 Å². The molecule has 218 valence electrons. The summed E-state index contributed by atoms with van der Waals surface area (Å²) in [6, 6.07) is 0. The van der Waals surface area contributed by atoms with Crippen LogP contribution >= 0.6 is 0 Å². The van der Waals surface area contributed by atoms with Crippen molar-refractivity contribution in [1.82, 2.24) is 4.90 Å². The van der Waals surface area contributed by atoms with Crippen LogP contribution in [-0.4, -0.2) is 65.3 Å². The van der Waals surface area contributed by atoms with Gasteiger partial charge in [-0.1, -0.05) is 58.6 Å². The Balaban J connectivity index is 1.43. The van der Waals surface area contributed by atoms with Gasteiger partial charge in [-0.2, -0.15) is 0 Å². The Bertz CT molecular complexity index is 1010. The van der Waals surface area contributed by atoms with Crippen LogP contribution in [0.5, 0.6) is 0 Å². The molecule has 0 aromatic carbocycles. The summed E-state index contributed by atoms with van der Waals surface area (Å²) in [4.78, 5) is 29.7. The summed E-state index contributed by atoms with van der Waals surface area (Å²) in [6.45, 7) is 11.3. The number of β-amino-alcohol motifs (C(OH)–C–C–N with tert-alkyl or cyclic N) is 1. The maximum absolute atomic E-state index is 13.9. The Morgan fingerprint density at radius 3 is 2.72 bits per heavy atom. The second-order valence-electron chi connectivity index (χ2n) is 14.7. The summed E-state index contributed by atoms with van der Waals surface area (Å²) in [7, 11) is 0. The lowest BCUT2D eigenvalue weighted by Crippen LogP contribution is -2.65. The minimum absolute atomic E-state index is 0.0546. The topological polar surface area (TPSA) is 87.1 Å². The number of carbonyl (C=O) groups is 2. The van der Waals surface area contributed by atoms with Crippen LogP contribution < -0.4 is 0 Å². The molecule has 6 nitrogen and oxygen atoms in total. The third-order valence-electron chi connectivity index (χ3n) is 12.8. The van der Waals surface area contributed by atoms with E-state index in [1.807, 2.05) is 0 Å². The van der Waals surface area contributed by atoms with E-state index in [9.17, 15) is 19.8 Å². The van der Waals surface area contributed by atoms with Crippen molar-refractivity contribution in [2.45, 2.75) is 110 Å². The van der Waals surface area contributed by atoms with E-state index in [0.29, 0.717) is 30.7 Å². The molecule has 6 heteroatoms. The molecule has 0 aromatic heterocycles. The highest BCUT2D eigenvalue weighted by atomic mass is 16.5. The molecule has 11 atom stereocenters. The largest absolute Gasteiger partial charge is 0.481 e. The number of hydrogen-bond acceptors (Lipinski definition) is 5. The van der Waals surface area contributed by atoms with Crippen LogP contribution in [0.4, 0.5) is 0 Å². The van der Waals surface area contributed by atoms with E-state index in [1.165, 1.54) is 0 Å². The first-order chi connectivity index (χ1) is 18.7. The van der Waals surface area contributed by atoms with Gasteiger partial charge in [-0.3, -0.25) is 9.69 Å². The van der Waals surface area contributed by atoms with Crippen molar-refractivity contribution in [2.24, 2.45) is 51.8 Å². The van der Waals surface area contributed by atoms with Gasteiger partial charge in [-0.05, 0) is 87.0 Å². The molecule has 6 rings (SSSR count). The molecule has 6 aliphatic rings. The number of carbonyl (C=O) groups excluding carboxylic acids is 1. The molecular weight excluding hydrogens is 490 g/mol. The van der Waals surface area contributed by atoms with E-state index in [-0.39, 0.29) is 36.1 Å². The van der Waals surface area contributed by atoms with Crippen molar-refractivity contribution >= 4 is 12.3 Å². The fourth-order valence-electron chi connectivity index (χ4n) is 11.4. The first kappa shape index (κ1) is 27.9.